The van der Waals surface area contributed by atoms with Crippen LogP contribution in [-0.2, 0) is 16.2 Å². The lowest BCUT2D eigenvalue weighted by Crippen LogP contribution is -2.29. The maximum atomic E-state index is 6.19. The quantitative estimate of drug-likeness (QED) is 0.168. The van der Waals surface area contributed by atoms with Gasteiger partial charge < -0.3 is 4.42 Å². The van der Waals surface area contributed by atoms with Gasteiger partial charge in [-0.3, -0.25) is 0 Å². The van der Waals surface area contributed by atoms with Crippen LogP contribution in [0.1, 0.15) is 74.9 Å². The van der Waals surface area contributed by atoms with E-state index in [-0.39, 0.29) is 10.8 Å². The number of furan rings is 1. The van der Waals surface area contributed by atoms with E-state index >= 15 is 0 Å². The molecule has 0 saturated heterocycles. The number of hydrogen-bond acceptors (Lipinski definition) is 3. The van der Waals surface area contributed by atoms with Crippen molar-refractivity contribution in [2.24, 2.45) is 0 Å². The molecule has 2 heterocycles. The molecule has 0 saturated carbocycles. The molecule has 3 nitrogen and oxygen atoms in total. The Morgan fingerprint density at radius 1 is 0.375 bits per heavy atom. The maximum Gasteiger partial charge on any atom is 0.160 e. The third kappa shape index (κ3) is 6.57. The summed E-state index contributed by atoms with van der Waals surface area (Å²) in [5, 5.41) is 2.16. The highest BCUT2D eigenvalue weighted by Crippen LogP contribution is 2.57. The third-order valence-corrected chi connectivity index (χ3v) is 13.3. The van der Waals surface area contributed by atoms with Crippen LogP contribution in [0.4, 0.5) is 0 Å². The lowest BCUT2D eigenvalue weighted by molar-refractivity contribution is 0.588. The van der Waals surface area contributed by atoms with Crippen LogP contribution in [0.3, 0.4) is 0 Å². The van der Waals surface area contributed by atoms with Crippen LogP contribution in [0.15, 0.2) is 199 Å². The molecule has 0 radical (unpaired) electrons. The van der Waals surface area contributed by atoms with Gasteiger partial charge >= 0.3 is 0 Å². The smallest absolute Gasteiger partial charge is 0.160 e. The van der Waals surface area contributed by atoms with E-state index in [0.717, 1.165) is 61.1 Å². The fourth-order valence-electron chi connectivity index (χ4n) is 9.89. The van der Waals surface area contributed by atoms with Gasteiger partial charge in [-0.15, -0.1) is 0 Å². The summed E-state index contributed by atoms with van der Waals surface area (Å²) in [6, 6.07) is 70.7. The van der Waals surface area contributed by atoms with Crippen molar-refractivity contribution in [2.75, 3.05) is 0 Å². The molecule has 8 aromatic carbocycles. The Morgan fingerprint density at radius 3 is 1.59 bits per heavy atom. The van der Waals surface area contributed by atoms with E-state index in [2.05, 4.69) is 205 Å². The number of nitrogens with zero attached hydrogens (tertiary/aromatic N) is 2. The van der Waals surface area contributed by atoms with Crippen molar-refractivity contribution < 1.29 is 4.42 Å². The van der Waals surface area contributed by atoms with Crippen LogP contribution in [0.25, 0.3) is 78.1 Å². The average Bonchev–Trinajstić information content (AvgIpc) is 3.84. The van der Waals surface area contributed by atoms with Crippen molar-refractivity contribution in [3.8, 4) is 56.2 Å². The molecule has 0 unspecified atom stereocenters. The Morgan fingerprint density at radius 2 is 0.906 bits per heavy atom. The fraction of sp³-hybridized carbons (Fsp3) is 0.148. The average molecular weight is 827 g/mol. The molecular formula is C61H50N2O. The van der Waals surface area contributed by atoms with Crippen LogP contribution >= 0.6 is 0 Å². The van der Waals surface area contributed by atoms with Crippen molar-refractivity contribution in [1.82, 2.24) is 9.97 Å². The van der Waals surface area contributed by atoms with Gasteiger partial charge in [0, 0.05) is 27.5 Å². The van der Waals surface area contributed by atoms with Gasteiger partial charge in [0.2, 0.25) is 0 Å². The van der Waals surface area contributed by atoms with Crippen molar-refractivity contribution in [1.29, 1.82) is 0 Å². The lowest BCUT2D eigenvalue weighted by Gasteiger charge is -2.35. The molecule has 0 amide bonds. The molecule has 3 heteroatoms. The molecule has 0 N–H and O–H groups in total. The van der Waals surface area contributed by atoms with Crippen LogP contribution < -0.4 is 0 Å². The first-order valence-electron chi connectivity index (χ1n) is 22.4. The Balaban J connectivity index is 1.08. The molecule has 2 aromatic heterocycles. The van der Waals surface area contributed by atoms with E-state index in [1.807, 2.05) is 30.3 Å². The van der Waals surface area contributed by atoms with Gasteiger partial charge in [0.15, 0.2) is 5.82 Å². The second-order valence-corrected chi connectivity index (χ2v) is 19.4. The summed E-state index contributed by atoms with van der Waals surface area (Å²) in [5.74, 6) is 0.686. The zero-order valence-corrected chi connectivity index (χ0v) is 37.3. The minimum absolute atomic E-state index is 0.0400. The van der Waals surface area contributed by atoms with Gasteiger partial charge in [-0.05, 0) is 109 Å². The third-order valence-electron chi connectivity index (χ3n) is 13.3. The van der Waals surface area contributed by atoms with Crippen LogP contribution in [-0.4, -0.2) is 9.97 Å². The highest BCUT2D eigenvalue weighted by atomic mass is 16.3. The number of para-hydroxylation sites is 1. The lowest BCUT2D eigenvalue weighted by atomic mass is 9.66. The number of aromatic nitrogens is 2. The first kappa shape index (κ1) is 39.5. The molecule has 10 aromatic rings. The van der Waals surface area contributed by atoms with E-state index in [9.17, 15) is 0 Å². The highest BCUT2D eigenvalue weighted by molar-refractivity contribution is 6.06. The largest absolute Gasteiger partial charge is 0.456 e. The predicted octanol–water partition coefficient (Wildman–Crippen LogP) is 16.0. The molecule has 1 aliphatic carbocycles. The summed E-state index contributed by atoms with van der Waals surface area (Å²) in [5.41, 5.74) is 18.6. The number of rotatable bonds is 6. The summed E-state index contributed by atoms with van der Waals surface area (Å²) in [6.07, 6.45) is 0. The first-order valence-corrected chi connectivity index (χ1v) is 22.4. The molecule has 0 spiro atoms. The van der Waals surface area contributed by atoms with Gasteiger partial charge in [0.25, 0.3) is 0 Å². The SMILES string of the molecule is CC(C)(C)c1ccc(C2(c3ccc(C(C)(C)C)cc3)c3ccccc3-c3ccc(-c4cccc(-c5cc(-c6ccc7oc8ccccc8c7c6)nc(-c6ccccc6)n5)c4)cc32)cc1. The molecule has 0 fully saturated rings. The summed E-state index contributed by atoms with van der Waals surface area (Å²) in [4.78, 5) is 10.4. The maximum absolute atomic E-state index is 6.19. The molecule has 64 heavy (non-hydrogen) atoms. The topological polar surface area (TPSA) is 38.9 Å². The summed E-state index contributed by atoms with van der Waals surface area (Å²) in [6.45, 7) is 13.7. The molecule has 0 atom stereocenters. The summed E-state index contributed by atoms with van der Waals surface area (Å²) >= 11 is 0. The van der Waals surface area contributed by atoms with Crippen LogP contribution in [0.2, 0.25) is 0 Å². The van der Waals surface area contributed by atoms with Gasteiger partial charge in [0.05, 0.1) is 16.8 Å². The Hall–Kier alpha value is -7.36. The second kappa shape index (κ2) is 14.9. The molecule has 1 aliphatic rings. The van der Waals surface area contributed by atoms with Gasteiger partial charge in [0.1, 0.15) is 11.2 Å². The first-order chi connectivity index (χ1) is 30.9. The van der Waals surface area contributed by atoms with Gasteiger partial charge in [-0.25, -0.2) is 9.97 Å². The van der Waals surface area contributed by atoms with Crippen LogP contribution in [0, 0.1) is 0 Å². The Bertz CT molecular complexity index is 3320. The van der Waals surface area contributed by atoms with Gasteiger partial charge in [-0.2, -0.15) is 0 Å². The van der Waals surface area contributed by atoms with Crippen molar-refractivity contribution in [3.63, 3.8) is 0 Å². The minimum atomic E-state index is -0.528. The van der Waals surface area contributed by atoms with E-state index < -0.39 is 5.41 Å². The molecule has 0 aliphatic heterocycles. The van der Waals surface area contributed by atoms with E-state index in [1.165, 1.54) is 44.5 Å². The van der Waals surface area contributed by atoms with E-state index in [0.29, 0.717) is 5.82 Å². The van der Waals surface area contributed by atoms with Crippen LogP contribution in [0.5, 0.6) is 0 Å². The number of hydrogen-bond donors (Lipinski definition) is 0. The summed E-state index contributed by atoms with van der Waals surface area (Å²) < 4.78 is 6.19. The molecule has 0 bridgehead atoms. The number of benzene rings is 8. The molecular weight excluding hydrogens is 777 g/mol. The standard InChI is InChI=1S/C61H50N2O/c1-59(2,3)44-25-29-46(30-26-44)61(47-31-27-45(28-32-47)60(4,5)6)52-21-12-10-19-48(52)49-33-23-41(37-53(49)61)40-17-14-18-42(35-40)54-38-55(63-58(62-54)39-15-8-7-9-16-39)43-24-34-57-51(36-43)50-20-11-13-22-56(50)64-57/h7-38H,1-6H3. The monoisotopic (exact) mass is 826 g/mol. The van der Waals surface area contributed by atoms with E-state index in [4.69, 9.17) is 14.4 Å². The van der Waals surface area contributed by atoms with Crippen molar-refractivity contribution >= 4 is 21.9 Å². The zero-order valence-electron chi connectivity index (χ0n) is 37.3. The Kier molecular flexibility index (Phi) is 9.18. The second-order valence-electron chi connectivity index (χ2n) is 19.4. The molecule has 310 valence electrons. The Labute approximate surface area is 376 Å². The summed E-state index contributed by atoms with van der Waals surface area (Å²) in [7, 11) is 0. The molecule has 11 rings (SSSR count). The number of fused-ring (bicyclic) bond motifs is 6. The zero-order chi connectivity index (χ0) is 43.8. The predicted molar refractivity (Wildman–Crippen MR) is 266 cm³/mol. The van der Waals surface area contributed by atoms with Crippen molar-refractivity contribution in [3.05, 3.63) is 228 Å². The minimum Gasteiger partial charge on any atom is -0.456 e. The fourth-order valence-corrected chi connectivity index (χ4v) is 9.89. The van der Waals surface area contributed by atoms with E-state index in [1.54, 1.807) is 0 Å². The highest BCUT2D eigenvalue weighted by Gasteiger charge is 2.46. The van der Waals surface area contributed by atoms with Crippen molar-refractivity contribution in [2.45, 2.75) is 57.8 Å². The normalized spacial score (nSPS) is 13.3. The van der Waals surface area contributed by atoms with Gasteiger partial charge in [-0.1, -0.05) is 193 Å².